The van der Waals surface area contributed by atoms with Gasteiger partial charge in [-0.25, -0.2) is 4.79 Å². The monoisotopic (exact) mass is 388 g/mol. The number of aryl methyl sites for hydroxylation is 1. The van der Waals surface area contributed by atoms with Gasteiger partial charge in [0.05, 0.1) is 13.2 Å². The van der Waals surface area contributed by atoms with Crippen molar-refractivity contribution in [3.8, 4) is 0 Å². The molecular weight excluding hydrogens is 356 g/mol. The van der Waals surface area contributed by atoms with E-state index in [0.717, 1.165) is 63.6 Å². The van der Waals surface area contributed by atoms with Gasteiger partial charge in [-0.15, -0.1) is 0 Å². The van der Waals surface area contributed by atoms with E-state index >= 15 is 0 Å². The number of nitrogens with one attached hydrogen (secondary N) is 2. The van der Waals surface area contributed by atoms with Crippen LogP contribution in [0.15, 0.2) is 18.2 Å². The minimum atomic E-state index is -0.0664. The van der Waals surface area contributed by atoms with Gasteiger partial charge >= 0.3 is 6.03 Å². The molecule has 2 heterocycles. The van der Waals surface area contributed by atoms with Crippen LogP contribution in [0.25, 0.3) is 0 Å². The number of rotatable bonds is 5. The third-order valence-corrected chi connectivity index (χ3v) is 5.51. The second kappa shape index (κ2) is 9.89. The van der Waals surface area contributed by atoms with Crippen LogP contribution >= 0.6 is 0 Å². The largest absolute Gasteiger partial charge is 0.379 e. The minimum absolute atomic E-state index is 0.0337. The fourth-order valence-corrected chi connectivity index (χ4v) is 3.82. The lowest BCUT2D eigenvalue weighted by molar-refractivity contribution is -0.115. The van der Waals surface area contributed by atoms with Gasteiger partial charge in [-0.1, -0.05) is 13.0 Å². The lowest BCUT2D eigenvalue weighted by atomic mass is 9.97. The molecule has 0 radical (unpaired) electrons. The Hall–Kier alpha value is -2.12. The van der Waals surface area contributed by atoms with Gasteiger partial charge in [-0.2, -0.15) is 0 Å². The predicted molar refractivity (Wildman–Crippen MR) is 111 cm³/mol. The molecular formula is C21H32N4O3. The molecule has 2 fully saturated rings. The van der Waals surface area contributed by atoms with Crippen molar-refractivity contribution in [2.24, 2.45) is 5.92 Å². The maximum absolute atomic E-state index is 12.8. The Morgan fingerprint density at radius 2 is 1.96 bits per heavy atom. The van der Waals surface area contributed by atoms with Crippen molar-refractivity contribution in [2.75, 3.05) is 56.6 Å². The van der Waals surface area contributed by atoms with Gasteiger partial charge in [-0.3, -0.25) is 9.69 Å². The average Bonchev–Trinajstić information content (AvgIpc) is 2.71. The van der Waals surface area contributed by atoms with Gasteiger partial charge in [0.1, 0.15) is 0 Å². The summed E-state index contributed by atoms with van der Waals surface area (Å²) in [5.74, 6) is 0.476. The summed E-state index contributed by atoms with van der Waals surface area (Å²) in [6.07, 6.45) is 2.63. The number of carbonyl (C=O) groups excluding carboxylic acids is 2. The van der Waals surface area contributed by atoms with Gasteiger partial charge in [0.15, 0.2) is 0 Å². The second-order valence-corrected chi connectivity index (χ2v) is 7.73. The molecule has 28 heavy (non-hydrogen) atoms. The van der Waals surface area contributed by atoms with Crippen LogP contribution in [-0.4, -0.2) is 67.7 Å². The molecule has 2 aliphatic heterocycles. The van der Waals surface area contributed by atoms with E-state index in [1.807, 2.05) is 36.9 Å². The van der Waals surface area contributed by atoms with Crippen LogP contribution in [0.2, 0.25) is 0 Å². The zero-order chi connectivity index (χ0) is 19.9. The highest BCUT2D eigenvalue weighted by Gasteiger charge is 2.26. The van der Waals surface area contributed by atoms with E-state index in [0.29, 0.717) is 18.0 Å². The number of piperidine rings is 1. The van der Waals surface area contributed by atoms with Crippen molar-refractivity contribution >= 4 is 23.3 Å². The number of carbonyl (C=O) groups is 2. The number of anilines is 2. The molecule has 7 heteroatoms. The van der Waals surface area contributed by atoms with Crippen LogP contribution in [0.4, 0.5) is 16.2 Å². The fraction of sp³-hybridized carbons (Fsp3) is 0.619. The first-order valence-corrected chi connectivity index (χ1v) is 10.3. The first kappa shape index (κ1) is 20.6. The summed E-state index contributed by atoms with van der Waals surface area (Å²) in [4.78, 5) is 28.8. The van der Waals surface area contributed by atoms with Crippen LogP contribution in [0, 0.1) is 12.8 Å². The number of hydrogen-bond acceptors (Lipinski definition) is 4. The highest BCUT2D eigenvalue weighted by Crippen LogP contribution is 2.23. The Balaban J connectivity index is 1.56. The molecule has 3 rings (SSSR count). The molecule has 1 atom stereocenters. The molecule has 1 aromatic rings. The first-order chi connectivity index (χ1) is 13.5. The molecule has 2 saturated heterocycles. The topological polar surface area (TPSA) is 73.9 Å². The number of morpholine rings is 1. The minimum Gasteiger partial charge on any atom is -0.379 e. The van der Waals surface area contributed by atoms with E-state index in [-0.39, 0.29) is 11.9 Å². The zero-order valence-electron chi connectivity index (χ0n) is 17.0. The molecule has 7 nitrogen and oxygen atoms in total. The standard InChI is InChI=1S/C21H32N4O3/c1-3-20(26)23-19-13-18(7-6-16(19)2)22-21(27)25-8-4-5-17(15-25)14-24-9-11-28-12-10-24/h6-7,13,17H,3-5,8-12,14-15H2,1-2H3,(H,22,27)(H,23,26)/t17-/m0/s1. The molecule has 2 N–H and O–H groups in total. The van der Waals surface area contributed by atoms with Gasteiger partial charge in [-0.05, 0) is 43.4 Å². The molecule has 0 saturated carbocycles. The van der Waals surface area contributed by atoms with Crippen LogP contribution in [0.5, 0.6) is 0 Å². The summed E-state index contributed by atoms with van der Waals surface area (Å²) in [6, 6.07) is 5.56. The first-order valence-electron chi connectivity index (χ1n) is 10.3. The summed E-state index contributed by atoms with van der Waals surface area (Å²) >= 11 is 0. The Kier molecular flexibility index (Phi) is 7.28. The van der Waals surface area contributed by atoms with Crippen LogP contribution in [-0.2, 0) is 9.53 Å². The normalized spacial score (nSPS) is 20.6. The third kappa shape index (κ3) is 5.69. The molecule has 0 bridgehead atoms. The van der Waals surface area contributed by atoms with E-state index in [4.69, 9.17) is 4.74 Å². The van der Waals surface area contributed by atoms with Gasteiger partial charge in [0.2, 0.25) is 5.91 Å². The van der Waals surface area contributed by atoms with E-state index < -0.39 is 0 Å². The quantitative estimate of drug-likeness (QED) is 0.813. The molecule has 0 unspecified atom stereocenters. The number of hydrogen-bond donors (Lipinski definition) is 2. The fourth-order valence-electron chi connectivity index (χ4n) is 3.82. The summed E-state index contributed by atoms with van der Waals surface area (Å²) in [6.45, 7) is 9.95. The summed E-state index contributed by atoms with van der Waals surface area (Å²) in [7, 11) is 0. The van der Waals surface area contributed by atoms with Gasteiger partial charge in [0.25, 0.3) is 0 Å². The van der Waals surface area contributed by atoms with Crippen molar-refractivity contribution in [3.05, 3.63) is 23.8 Å². The number of ether oxygens (including phenoxy) is 1. The van der Waals surface area contributed by atoms with Crippen LogP contribution < -0.4 is 10.6 Å². The summed E-state index contributed by atoms with van der Waals surface area (Å²) in [5.41, 5.74) is 2.43. The maximum atomic E-state index is 12.8. The molecule has 154 valence electrons. The lowest BCUT2D eigenvalue weighted by Gasteiger charge is -2.36. The number of likely N-dealkylation sites (tertiary alicyclic amines) is 1. The van der Waals surface area contributed by atoms with E-state index in [2.05, 4.69) is 15.5 Å². The average molecular weight is 389 g/mol. The molecule has 1 aromatic carbocycles. The van der Waals surface area contributed by atoms with Crippen LogP contribution in [0.1, 0.15) is 31.7 Å². The maximum Gasteiger partial charge on any atom is 0.321 e. The zero-order valence-corrected chi connectivity index (χ0v) is 17.0. The van der Waals surface area contributed by atoms with E-state index in [1.54, 1.807) is 0 Å². The smallest absolute Gasteiger partial charge is 0.321 e. The molecule has 0 spiro atoms. The van der Waals surface area contributed by atoms with Crippen molar-refractivity contribution in [1.29, 1.82) is 0 Å². The molecule has 3 amide bonds. The Labute approximate surface area is 167 Å². The van der Waals surface area contributed by atoms with Crippen LogP contribution in [0.3, 0.4) is 0 Å². The third-order valence-electron chi connectivity index (χ3n) is 5.51. The van der Waals surface area contributed by atoms with Crippen molar-refractivity contribution < 1.29 is 14.3 Å². The highest BCUT2D eigenvalue weighted by atomic mass is 16.5. The summed E-state index contributed by atoms with van der Waals surface area (Å²) in [5, 5.41) is 5.88. The molecule has 2 aliphatic rings. The van der Waals surface area contributed by atoms with E-state index in [1.165, 1.54) is 6.42 Å². The Bertz CT molecular complexity index is 688. The van der Waals surface area contributed by atoms with Gasteiger partial charge < -0.3 is 20.3 Å². The number of benzene rings is 1. The van der Waals surface area contributed by atoms with Crippen molar-refractivity contribution in [2.45, 2.75) is 33.1 Å². The van der Waals surface area contributed by atoms with Crippen molar-refractivity contribution in [1.82, 2.24) is 9.80 Å². The Morgan fingerprint density at radius 3 is 2.71 bits per heavy atom. The number of urea groups is 1. The summed E-state index contributed by atoms with van der Waals surface area (Å²) < 4.78 is 5.42. The highest BCUT2D eigenvalue weighted by molar-refractivity contribution is 5.94. The number of amides is 3. The SMILES string of the molecule is CCC(=O)Nc1cc(NC(=O)N2CCC[C@@H](CN3CCOCC3)C2)ccc1C. The van der Waals surface area contributed by atoms with Crippen molar-refractivity contribution in [3.63, 3.8) is 0 Å². The molecule has 0 aliphatic carbocycles. The number of nitrogens with zero attached hydrogens (tertiary/aromatic N) is 2. The second-order valence-electron chi connectivity index (χ2n) is 7.73. The molecule has 0 aromatic heterocycles. The van der Waals surface area contributed by atoms with E-state index in [9.17, 15) is 9.59 Å². The lowest BCUT2D eigenvalue weighted by Crippen LogP contribution is -2.47. The predicted octanol–water partition coefficient (Wildman–Crippen LogP) is 2.92. The Morgan fingerprint density at radius 1 is 1.18 bits per heavy atom. The van der Waals surface area contributed by atoms with Gasteiger partial charge in [0, 0.05) is 50.5 Å².